The molecule has 1 unspecified atom stereocenters. The highest BCUT2D eigenvalue weighted by Crippen LogP contribution is 2.17. The number of piperidine rings is 1. The monoisotopic (exact) mass is 295 g/mol. The van der Waals surface area contributed by atoms with Gasteiger partial charge in [-0.05, 0) is 58.2 Å². The Labute approximate surface area is 128 Å². The van der Waals surface area contributed by atoms with Crippen LogP contribution in [0.1, 0.15) is 38.5 Å². The van der Waals surface area contributed by atoms with Gasteiger partial charge < -0.3 is 19.9 Å². The van der Waals surface area contributed by atoms with E-state index in [4.69, 9.17) is 4.74 Å². The van der Waals surface area contributed by atoms with Gasteiger partial charge in [0, 0.05) is 19.6 Å². The second kappa shape index (κ2) is 7.56. The summed E-state index contributed by atoms with van der Waals surface area (Å²) in [5, 5.41) is 3.30. The van der Waals surface area contributed by atoms with Gasteiger partial charge in [-0.15, -0.1) is 0 Å². The normalized spacial score (nSPS) is 28.4. The average Bonchev–Trinajstić information content (AvgIpc) is 3.21. The minimum Gasteiger partial charge on any atom is -0.377 e. The molecular weight excluding hydrogens is 266 g/mol. The van der Waals surface area contributed by atoms with Crippen molar-refractivity contribution >= 4 is 5.91 Å². The van der Waals surface area contributed by atoms with Crippen LogP contribution in [0.25, 0.3) is 0 Å². The molecule has 1 atom stereocenters. The van der Waals surface area contributed by atoms with Crippen LogP contribution in [0.15, 0.2) is 0 Å². The molecule has 0 radical (unpaired) electrons. The van der Waals surface area contributed by atoms with Gasteiger partial charge in [0.1, 0.15) is 0 Å². The molecule has 5 heteroatoms. The molecule has 1 N–H and O–H groups in total. The number of ether oxygens (including phenoxy) is 1. The van der Waals surface area contributed by atoms with Crippen molar-refractivity contribution in [1.29, 1.82) is 0 Å². The van der Waals surface area contributed by atoms with Gasteiger partial charge >= 0.3 is 0 Å². The molecule has 0 aromatic heterocycles. The maximum atomic E-state index is 12.3. The van der Waals surface area contributed by atoms with Crippen LogP contribution in [0.5, 0.6) is 0 Å². The third-order valence-electron chi connectivity index (χ3n) is 5.07. The molecule has 5 nitrogen and oxygen atoms in total. The third-order valence-corrected chi connectivity index (χ3v) is 5.07. The lowest BCUT2D eigenvalue weighted by atomic mass is 10.1. The van der Waals surface area contributed by atoms with Gasteiger partial charge in [-0.3, -0.25) is 4.79 Å². The molecule has 0 bridgehead atoms. The standard InChI is InChI=1S/C16H29N3O2/c20-16(15-4-3-7-17-15)19-10-5-14(6-11-19)21-13-12-18-8-1-2-9-18/h14-15,17H,1-13H2. The molecule has 3 saturated heterocycles. The molecule has 3 fully saturated rings. The summed E-state index contributed by atoms with van der Waals surface area (Å²) in [6.07, 6.45) is 7.17. The zero-order valence-corrected chi connectivity index (χ0v) is 13.1. The molecule has 0 aliphatic carbocycles. The Morgan fingerprint density at radius 3 is 2.48 bits per heavy atom. The summed E-state index contributed by atoms with van der Waals surface area (Å²) >= 11 is 0. The zero-order valence-electron chi connectivity index (χ0n) is 13.1. The Morgan fingerprint density at radius 1 is 1.05 bits per heavy atom. The molecule has 0 saturated carbocycles. The van der Waals surface area contributed by atoms with Crippen molar-refractivity contribution in [3.8, 4) is 0 Å². The molecule has 120 valence electrons. The first-order chi connectivity index (χ1) is 10.3. The van der Waals surface area contributed by atoms with E-state index in [1.807, 2.05) is 4.90 Å². The van der Waals surface area contributed by atoms with E-state index >= 15 is 0 Å². The topological polar surface area (TPSA) is 44.8 Å². The number of amides is 1. The molecule has 0 aromatic carbocycles. The lowest BCUT2D eigenvalue weighted by molar-refractivity contribution is -0.135. The number of nitrogens with one attached hydrogen (secondary N) is 1. The lowest BCUT2D eigenvalue weighted by Gasteiger charge is -2.33. The Balaban J connectivity index is 1.31. The number of hydrogen-bond acceptors (Lipinski definition) is 4. The minimum atomic E-state index is 0.0811. The van der Waals surface area contributed by atoms with Gasteiger partial charge in [0.2, 0.25) is 5.91 Å². The van der Waals surface area contributed by atoms with E-state index in [0.717, 1.165) is 58.5 Å². The largest absolute Gasteiger partial charge is 0.377 e. The Kier molecular flexibility index (Phi) is 5.49. The van der Waals surface area contributed by atoms with E-state index in [2.05, 4.69) is 10.2 Å². The smallest absolute Gasteiger partial charge is 0.239 e. The molecule has 3 heterocycles. The number of carbonyl (C=O) groups is 1. The Morgan fingerprint density at radius 2 is 1.81 bits per heavy atom. The van der Waals surface area contributed by atoms with Gasteiger partial charge in [-0.25, -0.2) is 0 Å². The number of carbonyl (C=O) groups excluding carboxylic acids is 1. The van der Waals surface area contributed by atoms with Crippen LogP contribution in [0.3, 0.4) is 0 Å². The number of nitrogens with zero attached hydrogens (tertiary/aromatic N) is 2. The molecule has 21 heavy (non-hydrogen) atoms. The zero-order chi connectivity index (χ0) is 14.5. The predicted molar refractivity (Wildman–Crippen MR) is 82.3 cm³/mol. The van der Waals surface area contributed by atoms with Crippen molar-refractivity contribution in [2.75, 3.05) is 45.9 Å². The number of hydrogen-bond donors (Lipinski definition) is 1. The molecule has 3 aliphatic heterocycles. The highest BCUT2D eigenvalue weighted by molar-refractivity contribution is 5.82. The average molecular weight is 295 g/mol. The van der Waals surface area contributed by atoms with Crippen LogP contribution in [-0.4, -0.2) is 73.7 Å². The maximum absolute atomic E-state index is 12.3. The van der Waals surface area contributed by atoms with E-state index in [1.165, 1.54) is 25.9 Å². The Bertz CT molecular complexity index is 330. The summed E-state index contributed by atoms with van der Waals surface area (Å²) in [7, 11) is 0. The highest BCUT2D eigenvalue weighted by Gasteiger charge is 2.30. The maximum Gasteiger partial charge on any atom is 0.239 e. The first-order valence-corrected chi connectivity index (χ1v) is 8.69. The van der Waals surface area contributed by atoms with E-state index in [1.54, 1.807) is 0 Å². The second-order valence-electron chi connectivity index (χ2n) is 6.59. The van der Waals surface area contributed by atoms with Gasteiger partial charge in [-0.2, -0.15) is 0 Å². The van der Waals surface area contributed by atoms with Crippen molar-refractivity contribution in [3.05, 3.63) is 0 Å². The molecule has 3 aliphatic rings. The summed E-state index contributed by atoms with van der Waals surface area (Å²) in [6.45, 7) is 7.13. The van der Waals surface area contributed by atoms with Gasteiger partial charge in [0.15, 0.2) is 0 Å². The van der Waals surface area contributed by atoms with E-state index in [9.17, 15) is 4.79 Å². The molecule has 3 rings (SSSR count). The van der Waals surface area contributed by atoms with Crippen LogP contribution in [-0.2, 0) is 9.53 Å². The number of rotatable bonds is 5. The Hall–Kier alpha value is -0.650. The van der Waals surface area contributed by atoms with E-state index in [-0.39, 0.29) is 6.04 Å². The van der Waals surface area contributed by atoms with Crippen molar-refractivity contribution in [2.45, 2.75) is 50.7 Å². The first-order valence-electron chi connectivity index (χ1n) is 8.69. The van der Waals surface area contributed by atoms with Crippen LogP contribution in [0, 0.1) is 0 Å². The molecule has 0 spiro atoms. The molecular formula is C16H29N3O2. The molecule has 0 aromatic rings. The highest BCUT2D eigenvalue weighted by atomic mass is 16.5. The summed E-state index contributed by atoms with van der Waals surface area (Å²) in [6, 6.07) is 0.0811. The van der Waals surface area contributed by atoms with Gasteiger partial charge in [0.25, 0.3) is 0 Å². The fraction of sp³-hybridized carbons (Fsp3) is 0.938. The van der Waals surface area contributed by atoms with Crippen molar-refractivity contribution in [2.24, 2.45) is 0 Å². The summed E-state index contributed by atoms with van der Waals surface area (Å²) < 4.78 is 6.00. The minimum absolute atomic E-state index is 0.0811. The predicted octanol–water partition coefficient (Wildman–Crippen LogP) is 0.842. The van der Waals surface area contributed by atoms with Crippen LogP contribution >= 0.6 is 0 Å². The second-order valence-corrected chi connectivity index (χ2v) is 6.59. The van der Waals surface area contributed by atoms with Gasteiger partial charge in [-0.1, -0.05) is 0 Å². The van der Waals surface area contributed by atoms with Crippen molar-refractivity contribution < 1.29 is 9.53 Å². The third kappa shape index (κ3) is 4.18. The molecule has 1 amide bonds. The van der Waals surface area contributed by atoms with Gasteiger partial charge in [0.05, 0.1) is 18.8 Å². The van der Waals surface area contributed by atoms with Crippen molar-refractivity contribution in [1.82, 2.24) is 15.1 Å². The van der Waals surface area contributed by atoms with E-state index in [0.29, 0.717) is 12.0 Å². The van der Waals surface area contributed by atoms with E-state index < -0.39 is 0 Å². The fourth-order valence-electron chi connectivity index (χ4n) is 3.71. The summed E-state index contributed by atoms with van der Waals surface area (Å²) in [5.41, 5.74) is 0. The van der Waals surface area contributed by atoms with Crippen LogP contribution < -0.4 is 5.32 Å². The SMILES string of the molecule is O=C(C1CCCN1)N1CCC(OCCN2CCCC2)CC1. The quantitative estimate of drug-likeness (QED) is 0.816. The fourth-order valence-corrected chi connectivity index (χ4v) is 3.71. The van der Waals surface area contributed by atoms with Crippen LogP contribution in [0.4, 0.5) is 0 Å². The lowest BCUT2D eigenvalue weighted by Crippen LogP contribution is -2.48. The first kappa shape index (κ1) is 15.3. The van der Waals surface area contributed by atoms with Crippen molar-refractivity contribution in [3.63, 3.8) is 0 Å². The van der Waals surface area contributed by atoms with Crippen LogP contribution in [0.2, 0.25) is 0 Å². The number of likely N-dealkylation sites (tertiary alicyclic amines) is 2. The summed E-state index contributed by atoms with van der Waals surface area (Å²) in [5.74, 6) is 0.308. The summed E-state index contributed by atoms with van der Waals surface area (Å²) in [4.78, 5) is 16.8.